The zero-order valence-electron chi connectivity index (χ0n) is 22.6. The molecule has 0 aliphatic rings. The summed E-state index contributed by atoms with van der Waals surface area (Å²) in [6.07, 6.45) is 6.19. The summed E-state index contributed by atoms with van der Waals surface area (Å²) in [5, 5.41) is 4.92. The normalized spacial score (nSPS) is 13.0. The number of alkyl halides is 1. The molecule has 0 aliphatic carbocycles. The van der Waals surface area contributed by atoms with Gasteiger partial charge in [0.15, 0.2) is 0 Å². The average molecular weight is 591 g/mol. The lowest BCUT2D eigenvalue weighted by Gasteiger charge is -2.36. The quantitative estimate of drug-likeness (QED) is 0.0864. The van der Waals surface area contributed by atoms with Gasteiger partial charge in [0, 0.05) is 5.33 Å². The Balaban J connectivity index is 1.44. The van der Waals surface area contributed by atoms with Crippen LogP contribution in [-0.2, 0) is 16.0 Å². The summed E-state index contributed by atoms with van der Waals surface area (Å²) in [4.78, 5) is 17.7. The predicted molar refractivity (Wildman–Crippen MR) is 158 cm³/mol. The minimum absolute atomic E-state index is 0.302. The van der Waals surface area contributed by atoms with E-state index in [1.807, 2.05) is 62.4 Å². The van der Waals surface area contributed by atoms with E-state index in [2.05, 4.69) is 62.4 Å². The Labute approximate surface area is 239 Å². The van der Waals surface area contributed by atoms with Crippen molar-refractivity contribution >= 4 is 21.9 Å². The van der Waals surface area contributed by atoms with Crippen molar-refractivity contribution < 1.29 is 14.3 Å². The largest absolute Gasteiger partial charge is 0.468 e. The minimum atomic E-state index is -0.729. The molecule has 0 saturated carbocycles. The van der Waals surface area contributed by atoms with Crippen molar-refractivity contribution in [3.63, 3.8) is 0 Å². The Morgan fingerprint density at radius 1 is 0.897 bits per heavy atom. The Morgan fingerprint density at radius 3 is 2.21 bits per heavy atom. The topological polar surface area (TPSA) is 66.2 Å². The molecular weight excluding hydrogens is 554 g/mol. The Bertz CT molecular complexity index is 1260. The standard InChI is InChI=1S/C32H36BrN3O3/c1-32(2,22-33)29(31(37)38-21-11-5-8-14-25-12-6-3-7-13-25)30(36-24-34-23-35-36)39-28-19-17-27(18-20-28)26-15-9-4-10-16-26/h3-4,6-7,9-10,12-13,15-20,23-24,29-30H,5,8,11,14,21-22H2,1-2H3. The summed E-state index contributed by atoms with van der Waals surface area (Å²) in [6.45, 7) is 4.43. The van der Waals surface area contributed by atoms with Crippen molar-refractivity contribution in [2.45, 2.75) is 45.8 Å². The van der Waals surface area contributed by atoms with E-state index in [1.54, 1.807) is 11.0 Å². The number of esters is 1. The third-order valence-electron chi connectivity index (χ3n) is 6.84. The molecule has 39 heavy (non-hydrogen) atoms. The third-order valence-corrected chi connectivity index (χ3v) is 8.28. The van der Waals surface area contributed by atoms with Crippen LogP contribution in [0.5, 0.6) is 5.75 Å². The first-order valence-electron chi connectivity index (χ1n) is 13.4. The fraction of sp³-hybridized carbons (Fsp3) is 0.344. The van der Waals surface area contributed by atoms with Crippen LogP contribution in [0.15, 0.2) is 97.6 Å². The van der Waals surface area contributed by atoms with E-state index in [1.165, 1.54) is 11.9 Å². The molecule has 0 N–H and O–H groups in total. The maximum absolute atomic E-state index is 13.6. The van der Waals surface area contributed by atoms with Crippen molar-refractivity contribution in [3.8, 4) is 16.9 Å². The summed E-state index contributed by atoms with van der Waals surface area (Å²) < 4.78 is 13.9. The summed E-state index contributed by atoms with van der Waals surface area (Å²) in [6, 6.07) is 28.5. The molecule has 0 amide bonds. The fourth-order valence-electron chi connectivity index (χ4n) is 4.54. The summed E-state index contributed by atoms with van der Waals surface area (Å²) in [5.41, 5.74) is 3.07. The SMILES string of the molecule is CC(C)(CBr)C(C(=O)OCCCCCc1ccccc1)C(Oc1ccc(-c2ccccc2)cc1)n1cncn1. The molecule has 0 saturated heterocycles. The highest BCUT2D eigenvalue weighted by atomic mass is 79.9. The zero-order valence-corrected chi connectivity index (χ0v) is 24.2. The van der Waals surface area contributed by atoms with Crippen molar-refractivity contribution in [2.24, 2.45) is 11.3 Å². The second kappa shape index (κ2) is 14.1. The Hall–Kier alpha value is -3.45. The highest BCUT2D eigenvalue weighted by Gasteiger charge is 2.44. The summed E-state index contributed by atoms with van der Waals surface area (Å²) in [5.74, 6) is -0.292. The molecule has 204 valence electrons. The molecule has 2 unspecified atom stereocenters. The van der Waals surface area contributed by atoms with E-state index < -0.39 is 17.6 Å². The highest BCUT2D eigenvalue weighted by molar-refractivity contribution is 9.09. The fourth-order valence-corrected chi connectivity index (χ4v) is 4.89. The zero-order chi connectivity index (χ0) is 27.5. The molecule has 0 bridgehead atoms. The molecule has 7 heteroatoms. The number of aryl methyl sites for hydroxylation is 1. The van der Waals surface area contributed by atoms with Crippen molar-refractivity contribution in [1.29, 1.82) is 0 Å². The molecule has 4 aromatic rings. The van der Waals surface area contributed by atoms with Gasteiger partial charge in [-0.05, 0) is 59.9 Å². The number of hydrogen-bond acceptors (Lipinski definition) is 5. The highest BCUT2D eigenvalue weighted by Crippen LogP contribution is 2.39. The van der Waals surface area contributed by atoms with E-state index in [0.29, 0.717) is 17.7 Å². The van der Waals surface area contributed by atoms with Crippen LogP contribution in [0.4, 0.5) is 0 Å². The van der Waals surface area contributed by atoms with E-state index in [0.717, 1.165) is 36.8 Å². The van der Waals surface area contributed by atoms with Gasteiger partial charge in [-0.15, -0.1) is 0 Å². The molecule has 0 aliphatic heterocycles. The summed E-state index contributed by atoms with van der Waals surface area (Å²) >= 11 is 3.61. The summed E-state index contributed by atoms with van der Waals surface area (Å²) in [7, 11) is 0. The number of aromatic nitrogens is 3. The van der Waals surface area contributed by atoms with Crippen LogP contribution in [0.25, 0.3) is 11.1 Å². The van der Waals surface area contributed by atoms with Crippen LogP contribution in [0, 0.1) is 11.3 Å². The van der Waals surface area contributed by atoms with Gasteiger partial charge in [-0.1, -0.05) is 103 Å². The molecule has 3 aromatic carbocycles. The van der Waals surface area contributed by atoms with Gasteiger partial charge in [0.2, 0.25) is 6.23 Å². The molecule has 2 atom stereocenters. The minimum Gasteiger partial charge on any atom is -0.468 e. The maximum Gasteiger partial charge on any atom is 0.315 e. The van der Waals surface area contributed by atoms with Crippen LogP contribution in [0.3, 0.4) is 0 Å². The average Bonchev–Trinajstić information content (AvgIpc) is 3.51. The van der Waals surface area contributed by atoms with Gasteiger partial charge in [-0.25, -0.2) is 9.67 Å². The molecule has 0 spiro atoms. The monoisotopic (exact) mass is 589 g/mol. The second-order valence-corrected chi connectivity index (χ2v) is 10.9. The van der Waals surface area contributed by atoms with Crippen molar-refractivity contribution in [3.05, 3.63) is 103 Å². The van der Waals surface area contributed by atoms with Gasteiger partial charge < -0.3 is 9.47 Å². The first-order chi connectivity index (χ1) is 19.0. The number of benzene rings is 3. The number of hydrogen-bond donors (Lipinski definition) is 0. The lowest BCUT2D eigenvalue weighted by Crippen LogP contribution is -2.43. The lowest BCUT2D eigenvalue weighted by atomic mass is 9.79. The van der Waals surface area contributed by atoms with Crippen molar-refractivity contribution in [2.75, 3.05) is 11.9 Å². The smallest absolute Gasteiger partial charge is 0.315 e. The van der Waals surface area contributed by atoms with Gasteiger partial charge in [-0.2, -0.15) is 5.10 Å². The van der Waals surface area contributed by atoms with Crippen molar-refractivity contribution in [1.82, 2.24) is 14.8 Å². The van der Waals surface area contributed by atoms with Crippen LogP contribution >= 0.6 is 15.9 Å². The number of rotatable bonds is 14. The van der Waals surface area contributed by atoms with Gasteiger partial charge in [0.25, 0.3) is 0 Å². The van der Waals surface area contributed by atoms with E-state index in [4.69, 9.17) is 9.47 Å². The number of ether oxygens (including phenoxy) is 2. The predicted octanol–water partition coefficient (Wildman–Crippen LogP) is 7.52. The van der Waals surface area contributed by atoms with Crippen LogP contribution in [0.1, 0.15) is 44.9 Å². The van der Waals surface area contributed by atoms with Gasteiger partial charge in [0.1, 0.15) is 24.3 Å². The number of carbonyl (C=O) groups excluding carboxylic acids is 1. The number of halogens is 1. The van der Waals surface area contributed by atoms with E-state index in [9.17, 15) is 4.79 Å². The van der Waals surface area contributed by atoms with Gasteiger partial charge in [-0.3, -0.25) is 4.79 Å². The second-order valence-electron chi connectivity index (χ2n) is 10.3. The first kappa shape index (κ1) is 28.6. The number of unbranched alkanes of at least 4 members (excludes halogenated alkanes) is 2. The molecule has 0 radical (unpaired) electrons. The van der Waals surface area contributed by atoms with Crippen LogP contribution in [0.2, 0.25) is 0 Å². The maximum atomic E-state index is 13.6. The Morgan fingerprint density at radius 2 is 1.56 bits per heavy atom. The molecule has 4 rings (SSSR count). The van der Waals surface area contributed by atoms with Gasteiger partial charge in [0.05, 0.1) is 6.61 Å². The number of nitrogens with zero attached hydrogens (tertiary/aromatic N) is 3. The third kappa shape index (κ3) is 8.02. The Kier molecular flexibility index (Phi) is 10.3. The van der Waals surface area contributed by atoms with E-state index >= 15 is 0 Å². The van der Waals surface area contributed by atoms with Crippen LogP contribution < -0.4 is 4.74 Å². The first-order valence-corrected chi connectivity index (χ1v) is 14.5. The van der Waals surface area contributed by atoms with Crippen LogP contribution in [-0.4, -0.2) is 32.7 Å². The molecule has 1 aromatic heterocycles. The lowest BCUT2D eigenvalue weighted by molar-refractivity contribution is -0.161. The molecular formula is C32H36BrN3O3. The van der Waals surface area contributed by atoms with Gasteiger partial charge >= 0.3 is 5.97 Å². The number of carbonyl (C=O) groups is 1. The molecule has 0 fully saturated rings. The molecule has 1 heterocycles. The van der Waals surface area contributed by atoms with E-state index in [-0.39, 0.29) is 5.97 Å². The molecule has 6 nitrogen and oxygen atoms in total.